The molecule has 1 fully saturated rings. The molecule has 0 aliphatic carbocycles. The van der Waals surface area contributed by atoms with Gasteiger partial charge in [0.25, 0.3) is 0 Å². The number of benzene rings is 2. The summed E-state index contributed by atoms with van der Waals surface area (Å²) in [6.07, 6.45) is 0.639. The average molecular weight is 381 g/mol. The van der Waals surface area contributed by atoms with Crippen molar-refractivity contribution in [2.75, 3.05) is 6.61 Å². The highest BCUT2D eigenvalue weighted by atomic mass is 16.5. The molecule has 0 spiro atoms. The van der Waals surface area contributed by atoms with Gasteiger partial charge in [-0.05, 0) is 24.5 Å². The van der Waals surface area contributed by atoms with Crippen LogP contribution in [-0.4, -0.2) is 34.5 Å². The fourth-order valence-electron chi connectivity index (χ4n) is 3.69. The highest BCUT2D eigenvalue weighted by Crippen LogP contribution is 2.42. The predicted molar refractivity (Wildman–Crippen MR) is 106 cm³/mol. The van der Waals surface area contributed by atoms with E-state index in [2.05, 4.69) is 0 Å². The molecular weight excluding hydrogens is 354 g/mol. The molecule has 0 radical (unpaired) electrons. The maximum absolute atomic E-state index is 13.0. The van der Waals surface area contributed by atoms with Gasteiger partial charge >= 0.3 is 5.97 Å². The number of esters is 1. The molecule has 1 aliphatic rings. The van der Waals surface area contributed by atoms with Crippen LogP contribution in [0.1, 0.15) is 50.0 Å². The summed E-state index contributed by atoms with van der Waals surface area (Å²) in [5, 5.41) is 10.8. The molecule has 4 unspecified atom stereocenters. The first-order chi connectivity index (χ1) is 13.6. The van der Waals surface area contributed by atoms with Crippen LogP contribution in [0.4, 0.5) is 0 Å². The van der Waals surface area contributed by atoms with Gasteiger partial charge in [0, 0.05) is 0 Å². The van der Waals surface area contributed by atoms with Crippen LogP contribution >= 0.6 is 0 Å². The average Bonchev–Trinajstić information content (AvgIpc) is 2.73. The van der Waals surface area contributed by atoms with Gasteiger partial charge in [0.1, 0.15) is 6.04 Å². The van der Waals surface area contributed by atoms with Crippen molar-refractivity contribution in [2.45, 2.75) is 44.9 Å². The Kier molecular flexibility index (Phi) is 6.47. The van der Waals surface area contributed by atoms with Crippen LogP contribution in [0.3, 0.4) is 0 Å². The number of likely N-dealkylation sites (tertiary alicyclic amines) is 1. The smallest absolute Gasteiger partial charge is 0.329 e. The van der Waals surface area contributed by atoms with E-state index in [-0.39, 0.29) is 11.9 Å². The van der Waals surface area contributed by atoms with Gasteiger partial charge in [0.05, 0.1) is 24.7 Å². The second-order valence-electron chi connectivity index (χ2n) is 7.18. The Morgan fingerprint density at radius 1 is 1.07 bits per heavy atom. The number of aliphatic hydroxyl groups excluding tert-OH is 1. The number of unbranched alkanes of at least 4 members (excludes halogenated alkanes) is 1. The summed E-state index contributed by atoms with van der Waals surface area (Å²) in [7, 11) is 0. The van der Waals surface area contributed by atoms with E-state index in [0.717, 1.165) is 18.4 Å². The Morgan fingerprint density at radius 3 is 2.21 bits per heavy atom. The summed E-state index contributed by atoms with van der Waals surface area (Å²) >= 11 is 0. The molecule has 5 heteroatoms. The minimum atomic E-state index is -1.04. The number of aliphatic hydroxyl groups is 1. The van der Waals surface area contributed by atoms with Crippen molar-refractivity contribution in [3.63, 3.8) is 0 Å². The van der Waals surface area contributed by atoms with E-state index in [1.54, 1.807) is 29.2 Å². The van der Waals surface area contributed by atoms with E-state index >= 15 is 0 Å². The zero-order valence-electron chi connectivity index (χ0n) is 16.3. The number of carbonyl (C=O) groups excluding carboxylic acids is 2. The number of nitrogens with zero attached hydrogens (tertiary/aromatic N) is 1. The van der Waals surface area contributed by atoms with E-state index in [0.29, 0.717) is 12.2 Å². The molecule has 1 saturated heterocycles. The number of hydrogen-bond donors (Lipinski definition) is 1. The van der Waals surface area contributed by atoms with Gasteiger partial charge in [-0.25, -0.2) is 4.79 Å². The Morgan fingerprint density at radius 2 is 1.64 bits per heavy atom. The molecule has 28 heavy (non-hydrogen) atoms. The van der Waals surface area contributed by atoms with Crippen molar-refractivity contribution in [3.8, 4) is 0 Å². The number of ether oxygens (including phenoxy) is 1. The van der Waals surface area contributed by atoms with E-state index in [1.807, 2.05) is 50.2 Å². The summed E-state index contributed by atoms with van der Waals surface area (Å²) < 4.78 is 5.42. The van der Waals surface area contributed by atoms with Gasteiger partial charge < -0.3 is 14.7 Å². The zero-order chi connectivity index (χ0) is 20.1. The van der Waals surface area contributed by atoms with E-state index in [1.165, 1.54) is 0 Å². The fraction of sp³-hybridized carbons (Fsp3) is 0.391. The van der Waals surface area contributed by atoms with Crippen LogP contribution < -0.4 is 0 Å². The minimum Gasteiger partial charge on any atom is -0.464 e. The molecule has 148 valence electrons. The van der Waals surface area contributed by atoms with Crippen molar-refractivity contribution in [1.29, 1.82) is 0 Å². The fourth-order valence-corrected chi connectivity index (χ4v) is 3.69. The van der Waals surface area contributed by atoms with Gasteiger partial charge in [-0.1, -0.05) is 74.0 Å². The lowest BCUT2D eigenvalue weighted by Gasteiger charge is -2.50. The third-order valence-corrected chi connectivity index (χ3v) is 5.34. The SMILES string of the molecule is CCCCOC(=O)C1C(C(O)c2ccccc2)C(=O)N1C(C)c1ccccc1. The lowest BCUT2D eigenvalue weighted by Crippen LogP contribution is -2.66. The number of rotatable bonds is 8. The maximum Gasteiger partial charge on any atom is 0.329 e. The number of amides is 1. The zero-order valence-corrected chi connectivity index (χ0v) is 16.3. The summed E-state index contributed by atoms with van der Waals surface area (Å²) in [5.74, 6) is -1.51. The summed E-state index contributed by atoms with van der Waals surface area (Å²) in [6.45, 7) is 4.23. The standard InChI is InChI=1S/C23H27NO4/c1-3-4-15-28-23(27)20-19(21(25)18-13-9-6-10-14-18)22(26)24(20)16(2)17-11-7-5-8-12-17/h5-14,16,19-21,25H,3-4,15H2,1-2H3. The highest BCUT2D eigenvalue weighted by Gasteiger charge is 2.57. The molecule has 5 nitrogen and oxygen atoms in total. The molecule has 1 amide bonds. The Bertz CT molecular complexity index is 737. The highest BCUT2D eigenvalue weighted by molar-refractivity contribution is 5.98. The first-order valence-corrected chi connectivity index (χ1v) is 9.83. The minimum absolute atomic E-state index is 0.231. The van der Waals surface area contributed by atoms with Crippen LogP contribution in [0, 0.1) is 5.92 Å². The third-order valence-electron chi connectivity index (χ3n) is 5.34. The predicted octanol–water partition coefficient (Wildman–Crippen LogP) is 3.65. The number of carbonyl (C=O) groups is 2. The lowest BCUT2D eigenvalue weighted by molar-refractivity contribution is -0.185. The Hall–Kier alpha value is -2.66. The van der Waals surface area contributed by atoms with Crippen molar-refractivity contribution >= 4 is 11.9 Å². The van der Waals surface area contributed by atoms with E-state index in [4.69, 9.17) is 4.74 Å². The Balaban J connectivity index is 1.85. The molecule has 1 N–H and O–H groups in total. The molecule has 0 saturated carbocycles. The van der Waals surface area contributed by atoms with Gasteiger partial charge in [-0.3, -0.25) is 4.79 Å². The molecule has 2 aromatic rings. The second-order valence-corrected chi connectivity index (χ2v) is 7.18. The van der Waals surface area contributed by atoms with Crippen LogP contribution in [0.15, 0.2) is 60.7 Å². The van der Waals surface area contributed by atoms with Crippen LogP contribution in [-0.2, 0) is 14.3 Å². The van der Waals surface area contributed by atoms with Crippen molar-refractivity contribution in [3.05, 3.63) is 71.8 Å². The topological polar surface area (TPSA) is 66.8 Å². The van der Waals surface area contributed by atoms with Crippen molar-refractivity contribution in [1.82, 2.24) is 4.90 Å². The Labute approximate surface area is 165 Å². The van der Waals surface area contributed by atoms with Crippen LogP contribution in [0.5, 0.6) is 0 Å². The van der Waals surface area contributed by atoms with E-state index in [9.17, 15) is 14.7 Å². The molecule has 0 bridgehead atoms. The maximum atomic E-state index is 13.0. The quantitative estimate of drug-likeness (QED) is 0.431. The number of hydrogen-bond acceptors (Lipinski definition) is 4. The van der Waals surface area contributed by atoms with Gasteiger partial charge in [-0.2, -0.15) is 0 Å². The molecule has 4 atom stereocenters. The summed E-state index contributed by atoms with van der Waals surface area (Å²) in [5.41, 5.74) is 1.56. The molecular formula is C23H27NO4. The molecule has 3 rings (SSSR count). The second kappa shape index (κ2) is 9.02. The summed E-state index contributed by atoms with van der Waals surface area (Å²) in [6, 6.07) is 17.5. The molecule has 1 aliphatic heterocycles. The lowest BCUT2D eigenvalue weighted by atomic mass is 9.78. The van der Waals surface area contributed by atoms with E-state index < -0.39 is 24.0 Å². The van der Waals surface area contributed by atoms with Crippen molar-refractivity contribution in [2.24, 2.45) is 5.92 Å². The van der Waals surface area contributed by atoms with Crippen LogP contribution in [0.25, 0.3) is 0 Å². The normalized spacial score (nSPS) is 21.0. The first kappa shape index (κ1) is 20.1. The van der Waals surface area contributed by atoms with Crippen LogP contribution in [0.2, 0.25) is 0 Å². The summed E-state index contributed by atoms with van der Waals surface area (Å²) in [4.78, 5) is 27.3. The van der Waals surface area contributed by atoms with Crippen molar-refractivity contribution < 1.29 is 19.4 Å². The molecule has 0 aromatic heterocycles. The molecule has 2 aromatic carbocycles. The molecule has 1 heterocycles. The largest absolute Gasteiger partial charge is 0.464 e. The van der Waals surface area contributed by atoms with Gasteiger partial charge in [0.15, 0.2) is 0 Å². The van der Waals surface area contributed by atoms with Gasteiger partial charge in [-0.15, -0.1) is 0 Å². The monoisotopic (exact) mass is 381 g/mol. The first-order valence-electron chi connectivity index (χ1n) is 9.83. The third kappa shape index (κ3) is 3.94. The van der Waals surface area contributed by atoms with Gasteiger partial charge in [0.2, 0.25) is 5.91 Å². The number of β-lactam (4-membered cyclic amide) rings is 1.